The van der Waals surface area contributed by atoms with E-state index in [2.05, 4.69) is 15.3 Å². The van der Waals surface area contributed by atoms with Crippen molar-refractivity contribution in [3.05, 3.63) is 88.7 Å². The topological polar surface area (TPSA) is 98.6 Å². The number of nitrogens with zero attached hydrogens (tertiary/aromatic N) is 2. The fourth-order valence-corrected chi connectivity index (χ4v) is 4.26. The zero-order valence-corrected chi connectivity index (χ0v) is 18.1. The molecule has 3 aromatic carbocycles. The summed E-state index contributed by atoms with van der Waals surface area (Å²) in [4.78, 5) is 32.6. The smallest absolute Gasteiger partial charge is 0.270 e. The number of rotatable bonds is 6. The number of thioether (sulfide) groups is 1. The molecule has 0 bridgehead atoms. The number of fused-ring (bicyclic) bond motifs is 1. The molecule has 1 heterocycles. The van der Waals surface area contributed by atoms with Crippen LogP contribution in [0.1, 0.15) is 18.9 Å². The second kappa shape index (κ2) is 9.50. The Balaban J connectivity index is 1.59. The Morgan fingerprint density at radius 3 is 2.53 bits per heavy atom. The lowest BCUT2D eigenvalue weighted by molar-refractivity contribution is -0.115. The van der Waals surface area contributed by atoms with E-state index in [9.17, 15) is 14.9 Å². The van der Waals surface area contributed by atoms with Crippen molar-refractivity contribution in [1.29, 1.82) is 5.26 Å². The summed E-state index contributed by atoms with van der Waals surface area (Å²) in [5, 5.41) is 14.3. The lowest BCUT2D eigenvalue weighted by Gasteiger charge is -2.15. The molecule has 6 nitrogen and oxygen atoms in total. The largest absolute Gasteiger partial charge is 0.325 e. The van der Waals surface area contributed by atoms with Crippen LogP contribution in [0.2, 0.25) is 0 Å². The van der Waals surface area contributed by atoms with E-state index in [4.69, 9.17) is 0 Å². The van der Waals surface area contributed by atoms with Crippen molar-refractivity contribution < 1.29 is 4.79 Å². The molecular weight excluding hydrogens is 420 g/mol. The minimum absolute atomic E-state index is 0.0470. The number of nitrogens with one attached hydrogen (secondary N) is 2. The van der Waals surface area contributed by atoms with Crippen molar-refractivity contribution in [2.24, 2.45) is 0 Å². The molecule has 0 saturated carbocycles. The van der Waals surface area contributed by atoms with Crippen LogP contribution in [0.5, 0.6) is 0 Å². The minimum Gasteiger partial charge on any atom is -0.325 e. The van der Waals surface area contributed by atoms with Crippen molar-refractivity contribution in [2.75, 3.05) is 5.32 Å². The zero-order chi connectivity index (χ0) is 22.5. The Kier molecular flexibility index (Phi) is 6.34. The monoisotopic (exact) mass is 440 g/mol. The van der Waals surface area contributed by atoms with Crippen LogP contribution in [0.15, 0.2) is 82.7 Å². The van der Waals surface area contributed by atoms with Gasteiger partial charge in [0.15, 0.2) is 5.16 Å². The van der Waals surface area contributed by atoms with Gasteiger partial charge in [-0.05, 0) is 29.3 Å². The number of amides is 1. The first-order valence-corrected chi connectivity index (χ1v) is 11.0. The Hall–Kier alpha value is -3.89. The molecule has 0 saturated heterocycles. The van der Waals surface area contributed by atoms with Gasteiger partial charge in [0.05, 0.1) is 10.9 Å². The van der Waals surface area contributed by atoms with E-state index < -0.39 is 10.8 Å². The van der Waals surface area contributed by atoms with Crippen molar-refractivity contribution >= 4 is 34.1 Å². The third-order valence-corrected chi connectivity index (χ3v) is 6.24. The maximum atomic E-state index is 12.9. The average molecular weight is 441 g/mol. The van der Waals surface area contributed by atoms with Gasteiger partial charge in [-0.25, -0.2) is 4.98 Å². The first kappa shape index (κ1) is 21.3. The lowest BCUT2D eigenvalue weighted by atomic mass is 10.1. The summed E-state index contributed by atoms with van der Waals surface area (Å²) < 4.78 is 0. The SMILES string of the molecule is CC[C@@H](Sc1nc(-c2ccccc2)c(C#N)c(=O)[nH]1)C(=O)Nc1ccc2ccccc2c1. The number of aromatic nitrogens is 2. The molecule has 0 aliphatic carbocycles. The molecule has 7 heteroatoms. The molecule has 0 unspecified atom stereocenters. The van der Waals surface area contributed by atoms with Gasteiger partial charge in [-0.1, -0.05) is 79.3 Å². The second-order valence-electron chi connectivity index (χ2n) is 7.14. The summed E-state index contributed by atoms with van der Waals surface area (Å²) in [6.45, 7) is 1.90. The summed E-state index contributed by atoms with van der Waals surface area (Å²) >= 11 is 1.17. The van der Waals surface area contributed by atoms with Gasteiger partial charge in [0.2, 0.25) is 5.91 Å². The molecule has 32 heavy (non-hydrogen) atoms. The fourth-order valence-electron chi connectivity index (χ4n) is 3.36. The van der Waals surface area contributed by atoms with Crippen molar-refractivity contribution in [3.63, 3.8) is 0 Å². The third-order valence-electron chi connectivity index (χ3n) is 4.99. The number of anilines is 1. The molecule has 0 radical (unpaired) electrons. The number of carbonyl (C=O) groups is 1. The van der Waals surface area contributed by atoms with Crippen LogP contribution in [-0.2, 0) is 4.79 Å². The molecule has 0 spiro atoms. The number of benzene rings is 3. The van der Waals surface area contributed by atoms with Crippen LogP contribution in [0.4, 0.5) is 5.69 Å². The van der Waals surface area contributed by atoms with Gasteiger partial charge in [-0.15, -0.1) is 0 Å². The first-order valence-electron chi connectivity index (χ1n) is 10.1. The molecule has 4 rings (SSSR count). The van der Waals surface area contributed by atoms with Crippen LogP contribution >= 0.6 is 11.8 Å². The van der Waals surface area contributed by atoms with Gasteiger partial charge >= 0.3 is 0 Å². The summed E-state index contributed by atoms with van der Waals surface area (Å²) in [6, 6.07) is 24.7. The molecule has 4 aromatic rings. The van der Waals surface area contributed by atoms with E-state index >= 15 is 0 Å². The summed E-state index contributed by atoms with van der Waals surface area (Å²) in [6.07, 6.45) is 0.536. The number of hydrogen-bond acceptors (Lipinski definition) is 5. The predicted octanol–water partition coefficient (Wildman–Crippen LogP) is 4.97. The van der Waals surface area contributed by atoms with E-state index in [0.717, 1.165) is 10.8 Å². The number of carbonyl (C=O) groups excluding carboxylic acids is 1. The van der Waals surface area contributed by atoms with E-state index in [1.54, 1.807) is 12.1 Å². The van der Waals surface area contributed by atoms with Gasteiger partial charge in [0, 0.05) is 11.3 Å². The molecule has 0 fully saturated rings. The Labute approximate surface area is 189 Å². The molecule has 1 amide bonds. The Morgan fingerprint density at radius 2 is 1.81 bits per heavy atom. The normalized spacial score (nSPS) is 11.6. The van der Waals surface area contributed by atoms with E-state index in [0.29, 0.717) is 28.5 Å². The van der Waals surface area contributed by atoms with E-state index in [1.807, 2.05) is 73.7 Å². The highest BCUT2D eigenvalue weighted by Crippen LogP contribution is 2.27. The van der Waals surface area contributed by atoms with Gasteiger partial charge in [-0.2, -0.15) is 5.26 Å². The summed E-state index contributed by atoms with van der Waals surface area (Å²) in [5.41, 5.74) is 1.12. The summed E-state index contributed by atoms with van der Waals surface area (Å²) in [7, 11) is 0. The maximum Gasteiger partial charge on any atom is 0.270 e. The van der Waals surface area contributed by atoms with Crippen molar-refractivity contribution in [2.45, 2.75) is 23.8 Å². The summed E-state index contributed by atoms with van der Waals surface area (Å²) in [5.74, 6) is -0.180. The lowest BCUT2D eigenvalue weighted by Crippen LogP contribution is -2.25. The number of hydrogen-bond donors (Lipinski definition) is 2. The highest BCUT2D eigenvalue weighted by molar-refractivity contribution is 8.00. The standard InChI is InChI=1S/C25H20N4O2S/c1-2-21(24(31)27-19-13-12-16-8-6-7-11-18(16)14-19)32-25-28-22(17-9-4-3-5-10-17)20(15-26)23(30)29-25/h3-14,21H,2H2,1H3,(H,27,31)(H,28,29,30)/t21-/m1/s1. The van der Waals surface area contributed by atoms with Crippen LogP contribution in [-0.4, -0.2) is 21.1 Å². The second-order valence-corrected chi connectivity index (χ2v) is 8.33. The number of aromatic amines is 1. The molecular formula is C25H20N4O2S. The Bertz CT molecular complexity index is 1380. The molecule has 158 valence electrons. The van der Waals surface area contributed by atoms with Crippen LogP contribution < -0.4 is 10.9 Å². The van der Waals surface area contributed by atoms with E-state index in [-0.39, 0.29) is 11.5 Å². The van der Waals surface area contributed by atoms with Crippen LogP contribution in [0.3, 0.4) is 0 Å². The zero-order valence-electron chi connectivity index (χ0n) is 17.3. The first-order chi connectivity index (χ1) is 15.6. The van der Waals surface area contributed by atoms with Crippen molar-refractivity contribution in [1.82, 2.24) is 9.97 Å². The maximum absolute atomic E-state index is 12.9. The number of H-pyrrole nitrogens is 1. The Morgan fingerprint density at radius 1 is 1.09 bits per heavy atom. The minimum atomic E-state index is -0.520. The molecule has 1 aromatic heterocycles. The van der Waals surface area contributed by atoms with Crippen LogP contribution in [0.25, 0.3) is 22.0 Å². The van der Waals surface area contributed by atoms with Crippen molar-refractivity contribution in [3.8, 4) is 17.3 Å². The third kappa shape index (κ3) is 4.56. The quantitative estimate of drug-likeness (QED) is 0.326. The van der Waals surface area contributed by atoms with Gasteiger partial charge in [-0.3, -0.25) is 9.59 Å². The highest BCUT2D eigenvalue weighted by Gasteiger charge is 2.21. The van der Waals surface area contributed by atoms with Gasteiger partial charge < -0.3 is 10.3 Å². The average Bonchev–Trinajstić information content (AvgIpc) is 2.82. The molecule has 1 atom stereocenters. The highest BCUT2D eigenvalue weighted by atomic mass is 32.2. The molecule has 0 aliphatic heterocycles. The number of nitriles is 1. The van der Waals surface area contributed by atoms with E-state index in [1.165, 1.54) is 11.8 Å². The fraction of sp³-hybridized carbons (Fsp3) is 0.120. The van der Waals surface area contributed by atoms with Crippen LogP contribution in [0, 0.1) is 11.3 Å². The predicted molar refractivity (Wildman–Crippen MR) is 128 cm³/mol. The van der Waals surface area contributed by atoms with Gasteiger partial charge in [0.25, 0.3) is 5.56 Å². The molecule has 2 N–H and O–H groups in total. The molecule has 0 aliphatic rings. The van der Waals surface area contributed by atoms with Gasteiger partial charge in [0.1, 0.15) is 11.6 Å².